The average molecular weight is 278 g/mol. The molecule has 4 nitrogen and oxygen atoms in total. The van der Waals surface area contributed by atoms with Gasteiger partial charge in [0, 0.05) is 23.5 Å². The van der Waals surface area contributed by atoms with Crippen molar-refractivity contribution in [1.82, 2.24) is 0 Å². The molecule has 1 aliphatic carbocycles. The third-order valence-corrected chi connectivity index (χ3v) is 3.82. The molecule has 112 valence electrons. The first-order valence-corrected chi connectivity index (χ1v) is 7.49. The van der Waals surface area contributed by atoms with E-state index in [9.17, 15) is 5.11 Å². The minimum Gasteiger partial charge on any atom is -0.491 e. The van der Waals surface area contributed by atoms with Crippen LogP contribution in [0.4, 0.5) is 11.4 Å². The molecule has 0 bridgehead atoms. The van der Waals surface area contributed by atoms with Crippen LogP contribution in [0.25, 0.3) is 0 Å². The second-order valence-corrected chi connectivity index (χ2v) is 6.08. The van der Waals surface area contributed by atoms with Crippen LogP contribution in [0.1, 0.15) is 46.0 Å². The first-order valence-electron chi connectivity index (χ1n) is 7.49. The van der Waals surface area contributed by atoms with Crippen molar-refractivity contribution in [1.29, 1.82) is 0 Å². The van der Waals surface area contributed by atoms with Gasteiger partial charge < -0.3 is 20.9 Å². The van der Waals surface area contributed by atoms with Gasteiger partial charge in [0.15, 0.2) is 0 Å². The monoisotopic (exact) mass is 278 g/mol. The van der Waals surface area contributed by atoms with Gasteiger partial charge in [0.2, 0.25) is 0 Å². The Bertz CT molecular complexity index is 440. The molecule has 1 fully saturated rings. The van der Waals surface area contributed by atoms with Gasteiger partial charge in [-0.3, -0.25) is 0 Å². The maximum atomic E-state index is 9.76. The van der Waals surface area contributed by atoms with Gasteiger partial charge in [-0.2, -0.15) is 0 Å². The van der Waals surface area contributed by atoms with Gasteiger partial charge in [-0.05, 0) is 32.8 Å². The Hall–Kier alpha value is -1.42. The van der Waals surface area contributed by atoms with E-state index in [1.54, 1.807) is 0 Å². The number of benzene rings is 1. The summed E-state index contributed by atoms with van der Waals surface area (Å²) < 4.78 is 5.71. The zero-order valence-electron chi connectivity index (χ0n) is 12.5. The van der Waals surface area contributed by atoms with Crippen LogP contribution in [0.5, 0.6) is 5.75 Å². The lowest BCUT2D eigenvalue weighted by Gasteiger charge is -2.37. The summed E-state index contributed by atoms with van der Waals surface area (Å²) in [4.78, 5) is 0. The predicted octanol–water partition coefficient (Wildman–Crippen LogP) is 3.16. The molecular formula is C16H26N2O2. The quantitative estimate of drug-likeness (QED) is 0.724. The molecule has 0 aromatic heterocycles. The van der Waals surface area contributed by atoms with E-state index >= 15 is 0 Å². The molecule has 1 aromatic carbocycles. The molecular weight excluding hydrogens is 252 g/mol. The molecule has 0 saturated heterocycles. The van der Waals surface area contributed by atoms with Crippen molar-refractivity contribution < 1.29 is 9.84 Å². The molecule has 4 heteroatoms. The number of rotatable bonds is 5. The van der Waals surface area contributed by atoms with Crippen molar-refractivity contribution in [2.75, 3.05) is 17.7 Å². The van der Waals surface area contributed by atoms with Crippen molar-refractivity contribution in [3.63, 3.8) is 0 Å². The van der Waals surface area contributed by atoms with Crippen LogP contribution in [0.15, 0.2) is 18.2 Å². The van der Waals surface area contributed by atoms with E-state index in [4.69, 9.17) is 10.5 Å². The Morgan fingerprint density at radius 3 is 2.55 bits per heavy atom. The fourth-order valence-electron chi connectivity index (χ4n) is 2.89. The number of nitrogen functional groups attached to an aromatic ring is 1. The Balaban J connectivity index is 2.16. The van der Waals surface area contributed by atoms with Crippen molar-refractivity contribution in [3.8, 4) is 5.75 Å². The summed E-state index contributed by atoms with van der Waals surface area (Å²) in [6, 6.07) is 5.69. The minimum atomic E-state index is -0.207. The largest absolute Gasteiger partial charge is 0.491 e. The molecule has 0 atom stereocenters. The first kappa shape index (κ1) is 15.0. The van der Waals surface area contributed by atoms with Gasteiger partial charge >= 0.3 is 0 Å². The third-order valence-electron chi connectivity index (χ3n) is 3.82. The number of nitrogens with two attached hydrogens (primary N) is 1. The maximum Gasteiger partial charge on any atom is 0.123 e. The fourth-order valence-corrected chi connectivity index (χ4v) is 2.89. The van der Waals surface area contributed by atoms with E-state index in [0.717, 1.165) is 37.1 Å². The number of ether oxygens (including phenoxy) is 1. The summed E-state index contributed by atoms with van der Waals surface area (Å²) in [6.07, 6.45) is 5.68. The highest BCUT2D eigenvalue weighted by Gasteiger charge is 2.31. The standard InChI is InChI=1S/C16H26N2O2/c1-12(2)20-15-9-13(17)8-14(10-15)18-16(11-19)6-4-3-5-7-16/h8-10,12,18-19H,3-7,11,17H2,1-2H3. The zero-order chi connectivity index (χ0) is 14.6. The van der Waals surface area contributed by atoms with Crippen molar-refractivity contribution >= 4 is 11.4 Å². The van der Waals surface area contributed by atoms with E-state index in [2.05, 4.69) is 5.32 Å². The highest BCUT2D eigenvalue weighted by atomic mass is 16.5. The van der Waals surface area contributed by atoms with Crippen LogP contribution in [0, 0.1) is 0 Å². The first-order chi connectivity index (χ1) is 9.53. The molecule has 20 heavy (non-hydrogen) atoms. The fraction of sp³-hybridized carbons (Fsp3) is 0.625. The average Bonchev–Trinajstić information content (AvgIpc) is 2.38. The van der Waals surface area contributed by atoms with Crippen LogP contribution in [0.2, 0.25) is 0 Å². The molecule has 0 spiro atoms. The van der Waals surface area contributed by atoms with Gasteiger partial charge in [-0.1, -0.05) is 19.3 Å². The van der Waals surface area contributed by atoms with Gasteiger partial charge in [0.05, 0.1) is 18.2 Å². The Morgan fingerprint density at radius 2 is 1.95 bits per heavy atom. The van der Waals surface area contributed by atoms with Crippen LogP contribution in [0.3, 0.4) is 0 Å². The van der Waals surface area contributed by atoms with Crippen LogP contribution in [-0.2, 0) is 0 Å². The SMILES string of the molecule is CC(C)Oc1cc(N)cc(NC2(CO)CCCCC2)c1. The molecule has 1 aromatic rings. The number of aliphatic hydroxyl groups is 1. The smallest absolute Gasteiger partial charge is 0.123 e. The number of hydrogen-bond donors (Lipinski definition) is 3. The molecule has 0 heterocycles. The molecule has 0 aliphatic heterocycles. The highest BCUT2D eigenvalue weighted by molar-refractivity contribution is 5.60. The van der Waals surface area contributed by atoms with Crippen molar-refractivity contribution in [2.24, 2.45) is 0 Å². The van der Waals surface area contributed by atoms with Crippen molar-refractivity contribution in [3.05, 3.63) is 18.2 Å². The Morgan fingerprint density at radius 1 is 1.25 bits per heavy atom. The summed E-state index contributed by atoms with van der Waals surface area (Å²) in [5, 5.41) is 13.3. The van der Waals surface area contributed by atoms with E-state index in [-0.39, 0.29) is 18.2 Å². The summed E-state index contributed by atoms with van der Waals surface area (Å²) in [7, 11) is 0. The van der Waals surface area contributed by atoms with E-state index in [0.29, 0.717) is 5.69 Å². The van der Waals surface area contributed by atoms with Crippen LogP contribution >= 0.6 is 0 Å². The molecule has 2 rings (SSSR count). The summed E-state index contributed by atoms with van der Waals surface area (Å²) >= 11 is 0. The lowest BCUT2D eigenvalue weighted by atomic mass is 9.82. The number of nitrogens with one attached hydrogen (secondary N) is 1. The lowest BCUT2D eigenvalue weighted by molar-refractivity contribution is 0.173. The van der Waals surface area contributed by atoms with Gasteiger partial charge in [-0.25, -0.2) is 0 Å². The van der Waals surface area contributed by atoms with Crippen molar-refractivity contribution in [2.45, 2.75) is 57.6 Å². The molecule has 1 aliphatic rings. The Kier molecular flexibility index (Phi) is 4.76. The number of hydrogen-bond acceptors (Lipinski definition) is 4. The molecule has 0 unspecified atom stereocenters. The Labute approximate surface area is 121 Å². The van der Waals surface area contributed by atoms with E-state index in [1.807, 2.05) is 32.0 Å². The number of aliphatic hydroxyl groups excluding tert-OH is 1. The maximum absolute atomic E-state index is 9.76. The van der Waals surface area contributed by atoms with Gasteiger partial charge in [-0.15, -0.1) is 0 Å². The summed E-state index contributed by atoms with van der Waals surface area (Å²) in [5.41, 5.74) is 7.34. The topological polar surface area (TPSA) is 67.5 Å². The molecule has 0 amide bonds. The molecule has 4 N–H and O–H groups in total. The predicted molar refractivity (Wildman–Crippen MR) is 83.1 cm³/mol. The second kappa shape index (κ2) is 6.35. The minimum absolute atomic E-state index is 0.117. The van der Waals surface area contributed by atoms with E-state index < -0.39 is 0 Å². The normalized spacial score (nSPS) is 18.0. The highest BCUT2D eigenvalue weighted by Crippen LogP contribution is 2.33. The molecule has 0 radical (unpaired) electrons. The van der Waals surface area contributed by atoms with Gasteiger partial charge in [0.1, 0.15) is 5.75 Å². The number of anilines is 2. The van der Waals surface area contributed by atoms with Crippen LogP contribution < -0.4 is 15.8 Å². The lowest BCUT2D eigenvalue weighted by Crippen LogP contribution is -2.43. The van der Waals surface area contributed by atoms with Gasteiger partial charge in [0.25, 0.3) is 0 Å². The second-order valence-electron chi connectivity index (χ2n) is 6.08. The van der Waals surface area contributed by atoms with E-state index in [1.165, 1.54) is 6.42 Å². The summed E-state index contributed by atoms with van der Waals surface area (Å²) in [5.74, 6) is 0.770. The zero-order valence-corrected chi connectivity index (χ0v) is 12.5. The summed E-state index contributed by atoms with van der Waals surface area (Å²) in [6.45, 7) is 4.14. The molecule has 1 saturated carbocycles. The van der Waals surface area contributed by atoms with Crippen LogP contribution in [-0.4, -0.2) is 23.4 Å². The third kappa shape index (κ3) is 3.79.